The summed E-state index contributed by atoms with van der Waals surface area (Å²) in [5.74, 6) is 1.66. The van der Waals surface area contributed by atoms with E-state index >= 15 is 0 Å². The summed E-state index contributed by atoms with van der Waals surface area (Å²) in [6.07, 6.45) is 2.99. The van der Waals surface area contributed by atoms with Gasteiger partial charge in [-0.25, -0.2) is 0 Å². The van der Waals surface area contributed by atoms with Crippen LogP contribution in [-0.4, -0.2) is 13.7 Å². The molecule has 4 heteroatoms. The normalized spacial score (nSPS) is 16.6. The van der Waals surface area contributed by atoms with E-state index in [0.29, 0.717) is 0 Å². The molecule has 0 bridgehead atoms. The summed E-state index contributed by atoms with van der Waals surface area (Å²) in [5, 5.41) is 0. The van der Waals surface area contributed by atoms with Crippen molar-refractivity contribution >= 4 is 15.9 Å². The van der Waals surface area contributed by atoms with Crippen LogP contribution in [0.15, 0.2) is 34.5 Å². The molecule has 2 N–H and O–H groups in total. The van der Waals surface area contributed by atoms with Crippen LogP contribution in [0.5, 0.6) is 5.75 Å². The molecule has 0 fully saturated rings. The number of halogens is 1. The highest BCUT2D eigenvalue weighted by Crippen LogP contribution is 2.30. The Morgan fingerprint density at radius 1 is 1.50 bits per heavy atom. The minimum absolute atomic E-state index is 0.190. The highest BCUT2D eigenvalue weighted by molar-refractivity contribution is 9.10. The van der Waals surface area contributed by atoms with Gasteiger partial charge in [-0.1, -0.05) is 6.07 Å². The van der Waals surface area contributed by atoms with Gasteiger partial charge in [0, 0.05) is 6.42 Å². The molecule has 1 aliphatic heterocycles. The van der Waals surface area contributed by atoms with E-state index in [1.807, 2.05) is 24.3 Å². The SMILES string of the molecule is COc1ccc(C(N)C2=CCCO2)cc1Br. The number of nitrogens with two attached hydrogens (primary N) is 1. The summed E-state index contributed by atoms with van der Waals surface area (Å²) in [7, 11) is 1.64. The lowest BCUT2D eigenvalue weighted by Gasteiger charge is -2.14. The molecule has 16 heavy (non-hydrogen) atoms. The first-order valence-electron chi connectivity index (χ1n) is 5.14. The van der Waals surface area contributed by atoms with Crippen LogP contribution in [0.4, 0.5) is 0 Å². The van der Waals surface area contributed by atoms with Crippen molar-refractivity contribution in [3.8, 4) is 5.75 Å². The molecule has 0 saturated carbocycles. The minimum Gasteiger partial charge on any atom is -0.496 e. The molecule has 1 atom stereocenters. The van der Waals surface area contributed by atoms with Gasteiger partial charge in [0.25, 0.3) is 0 Å². The zero-order chi connectivity index (χ0) is 11.5. The van der Waals surface area contributed by atoms with Crippen LogP contribution in [0.1, 0.15) is 18.0 Å². The standard InChI is InChI=1S/C12H14BrNO2/c1-15-10-5-4-8(7-9(10)13)12(14)11-3-2-6-16-11/h3-5,7,12H,2,6,14H2,1H3. The smallest absolute Gasteiger partial charge is 0.133 e. The van der Waals surface area contributed by atoms with E-state index in [1.165, 1.54) is 0 Å². The molecule has 1 heterocycles. The number of hydrogen-bond acceptors (Lipinski definition) is 3. The van der Waals surface area contributed by atoms with Crippen LogP contribution in [0, 0.1) is 0 Å². The Balaban J connectivity index is 2.23. The maximum atomic E-state index is 6.11. The van der Waals surface area contributed by atoms with Crippen molar-refractivity contribution in [2.75, 3.05) is 13.7 Å². The lowest BCUT2D eigenvalue weighted by molar-refractivity contribution is 0.225. The van der Waals surface area contributed by atoms with Gasteiger partial charge in [-0.3, -0.25) is 0 Å². The average molecular weight is 284 g/mol. The summed E-state index contributed by atoms with van der Waals surface area (Å²) < 4.78 is 11.5. The van der Waals surface area contributed by atoms with Crippen LogP contribution in [0.3, 0.4) is 0 Å². The second-order valence-corrected chi connectivity index (χ2v) is 4.47. The van der Waals surface area contributed by atoms with E-state index in [1.54, 1.807) is 7.11 Å². The van der Waals surface area contributed by atoms with Crippen LogP contribution in [-0.2, 0) is 4.74 Å². The van der Waals surface area contributed by atoms with Crippen molar-refractivity contribution in [3.05, 3.63) is 40.1 Å². The Kier molecular flexibility index (Phi) is 3.51. The first-order valence-corrected chi connectivity index (χ1v) is 5.93. The third kappa shape index (κ3) is 2.23. The summed E-state index contributed by atoms with van der Waals surface area (Å²) in [6.45, 7) is 0.736. The molecule has 0 amide bonds. The minimum atomic E-state index is -0.190. The molecule has 0 aromatic heterocycles. The van der Waals surface area contributed by atoms with Gasteiger partial charge in [0.05, 0.1) is 24.2 Å². The predicted octanol–water partition coefficient (Wildman–Crippen LogP) is 2.76. The maximum absolute atomic E-state index is 6.11. The van der Waals surface area contributed by atoms with E-state index < -0.39 is 0 Å². The van der Waals surface area contributed by atoms with Crippen LogP contribution < -0.4 is 10.5 Å². The Labute approximate surface area is 103 Å². The van der Waals surface area contributed by atoms with Gasteiger partial charge in [0.15, 0.2) is 0 Å². The number of benzene rings is 1. The van der Waals surface area contributed by atoms with Gasteiger partial charge in [-0.2, -0.15) is 0 Å². The van der Waals surface area contributed by atoms with Crippen molar-refractivity contribution in [1.29, 1.82) is 0 Å². The Bertz CT molecular complexity index is 417. The van der Waals surface area contributed by atoms with Gasteiger partial charge >= 0.3 is 0 Å². The van der Waals surface area contributed by atoms with E-state index in [-0.39, 0.29) is 6.04 Å². The molecule has 3 nitrogen and oxygen atoms in total. The van der Waals surface area contributed by atoms with E-state index in [0.717, 1.165) is 34.6 Å². The third-order valence-corrected chi connectivity index (χ3v) is 3.19. The van der Waals surface area contributed by atoms with Crippen molar-refractivity contribution in [1.82, 2.24) is 0 Å². The van der Waals surface area contributed by atoms with Gasteiger partial charge in [0.1, 0.15) is 11.5 Å². The highest BCUT2D eigenvalue weighted by atomic mass is 79.9. The Morgan fingerprint density at radius 3 is 2.88 bits per heavy atom. The van der Waals surface area contributed by atoms with Crippen molar-refractivity contribution in [2.24, 2.45) is 5.73 Å². The molecule has 0 aliphatic carbocycles. The fourth-order valence-corrected chi connectivity index (χ4v) is 2.25. The average Bonchev–Trinajstić information content (AvgIpc) is 2.81. The fourth-order valence-electron chi connectivity index (χ4n) is 1.69. The number of ether oxygens (including phenoxy) is 2. The first-order chi connectivity index (χ1) is 7.72. The molecular weight excluding hydrogens is 270 g/mol. The summed E-state index contributed by atoms with van der Waals surface area (Å²) in [4.78, 5) is 0. The van der Waals surface area contributed by atoms with Crippen LogP contribution in [0.25, 0.3) is 0 Å². The van der Waals surface area contributed by atoms with Gasteiger partial charge < -0.3 is 15.2 Å². The molecule has 0 saturated heterocycles. The van der Waals surface area contributed by atoms with E-state index in [2.05, 4.69) is 15.9 Å². The van der Waals surface area contributed by atoms with Crippen molar-refractivity contribution in [3.63, 3.8) is 0 Å². The third-order valence-electron chi connectivity index (χ3n) is 2.57. The second-order valence-electron chi connectivity index (χ2n) is 3.62. The van der Waals surface area contributed by atoms with Crippen molar-refractivity contribution in [2.45, 2.75) is 12.5 Å². The zero-order valence-electron chi connectivity index (χ0n) is 9.07. The number of hydrogen-bond donors (Lipinski definition) is 1. The summed E-state index contributed by atoms with van der Waals surface area (Å²) in [6, 6.07) is 5.63. The highest BCUT2D eigenvalue weighted by Gasteiger charge is 2.17. The van der Waals surface area contributed by atoms with E-state index in [4.69, 9.17) is 15.2 Å². The molecule has 86 valence electrons. The maximum Gasteiger partial charge on any atom is 0.133 e. The van der Waals surface area contributed by atoms with Gasteiger partial charge in [0.2, 0.25) is 0 Å². The molecule has 1 aromatic carbocycles. The number of methoxy groups -OCH3 is 1. The van der Waals surface area contributed by atoms with Gasteiger partial charge in [-0.15, -0.1) is 0 Å². The van der Waals surface area contributed by atoms with Gasteiger partial charge in [-0.05, 0) is 39.7 Å². The molecule has 0 radical (unpaired) electrons. The molecule has 1 unspecified atom stereocenters. The monoisotopic (exact) mass is 283 g/mol. The Hall–Kier alpha value is -1.00. The molecular formula is C12H14BrNO2. The largest absolute Gasteiger partial charge is 0.496 e. The van der Waals surface area contributed by atoms with Crippen LogP contribution >= 0.6 is 15.9 Å². The van der Waals surface area contributed by atoms with E-state index in [9.17, 15) is 0 Å². The summed E-state index contributed by atoms with van der Waals surface area (Å²) in [5.41, 5.74) is 7.12. The van der Waals surface area contributed by atoms with Crippen molar-refractivity contribution < 1.29 is 9.47 Å². The van der Waals surface area contributed by atoms with Crippen LogP contribution in [0.2, 0.25) is 0 Å². The lowest BCUT2D eigenvalue weighted by Crippen LogP contribution is -2.13. The predicted molar refractivity (Wildman–Crippen MR) is 66.3 cm³/mol. The number of rotatable bonds is 3. The lowest BCUT2D eigenvalue weighted by atomic mass is 10.1. The second kappa shape index (κ2) is 4.89. The fraction of sp³-hybridized carbons (Fsp3) is 0.333. The molecule has 1 aromatic rings. The topological polar surface area (TPSA) is 44.5 Å². The first kappa shape index (κ1) is 11.5. The summed E-state index contributed by atoms with van der Waals surface area (Å²) >= 11 is 3.44. The Morgan fingerprint density at radius 2 is 2.31 bits per heavy atom. The molecule has 2 rings (SSSR count). The quantitative estimate of drug-likeness (QED) is 0.928. The zero-order valence-corrected chi connectivity index (χ0v) is 10.7. The molecule has 0 spiro atoms. The molecule has 1 aliphatic rings.